The van der Waals surface area contributed by atoms with Gasteiger partial charge in [0.2, 0.25) is 5.91 Å². The second-order valence-corrected chi connectivity index (χ2v) is 6.09. The highest BCUT2D eigenvalue weighted by Gasteiger charge is 2.44. The number of nitrogens with one attached hydrogen (secondary N) is 1. The maximum absolute atomic E-state index is 12.6. The highest BCUT2D eigenvalue weighted by Crippen LogP contribution is 2.32. The summed E-state index contributed by atoms with van der Waals surface area (Å²) >= 11 is 0. The summed E-state index contributed by atoms with van der Waals surface area (Å²) in [6.07, 6.45) is 5.64. The van der Waals surface area contributed by atoms with Gasteiger partial charge in [-0.25, -0.2) is 0 Å². The zero-order chi connectivity index (χ0) is 11.8. The van der Waals surface area contributed by atoms with E-state index in [9.17, 15) is 4.79 Å². The van der Waals surface area contributed by atoms with E-state index in [0.29, 0.717) is 5.91 Å². The molecule has 0 aromatic heterocycles. The van der Waals surface area contributed by atoms with Gasteiger partial charge in [-0.05, 0) is 59.4 Å². The summed E-state index contributed by atoms with van der Waals surface area (Å²) in [6, 6.07) is 0. The number of carbonyl (C=O) groups excluding carboxylic acids is 1. The average molecular weight is 224 g/mol. The van der Waals surface area contributed by atoms with Gasteiger partial charge in [0.15, 0.2) is 0 Å². The zero-order valence-electron chi connectivity index (χ0n) is 10.8. The first-order valence-electron chi connectivity index (χ1n) is 6.53. The van der Waals surface area contributed by atoms with Crippen molar-refractivity contribution in [1.29, 1.82) is 0 Å². The first-order valence-corrected chi connectivity index (χ1v) is 6.53. The molecule has 3 nitrogen and oxygen atoms in total. The van der Waals surface area contributed by atoms with Gasteiger partial charge in [-0.3, -0.25) is 4.79 Å². The third-order valence-corrected chi connectivity index (χ3v) is 4.24. The van der Waals surface area contributed by atoms with Crippen LogP contribution in [-0.2, 0) is 4.79 Å². The molecule has 2 aliphatic rings. The predicted octanol–water partition coefficient (Wildman–Crippen LogP) is 1.92. The minimum atomic E-state index is -0.306. The van der Waals surface area contributed by atoms with Crippen molar-refractivity contribution in [2.24, 2.45) is 0 Å². The smallest absolute Gasteiger partial charge is 0.243 e. The van der Waals surface area contributed by atoms with Crippen LogP contribution in [0.1, 0.15) is 52.9 Å². The number of hydrogen-bond donors (Lipinski definition) is 1. The number of carbonyl (C=O) groups is 1. The Morgan fingerprint density at radius 2 is 1.88 bits per heavy atom. The van der Waals surface area contributed by atoms with E-state index in [1.165, 1.54) is 12.8 Å². The van der Waals surface area contributed by atoms with Crippen LogP contribution < -0.4 is 5.32 Å². The number of piperidine rings is 1. The van der Waals surface area contributed by atoms with Crippen molar-refractivity contribution in [3.63, 3.8) is 0 Å². The minimum Gasteiger partial charge on any atom is -0.336 e. The van der Waals surface area contributed by atoms with E-state index in [1.54, 1.807) is 0 Å². The molecular formula is C13H24N2O. The van der Waals surface area contributed by atoms with E-state index in [1.807, 2.05) is 0 Å². The fourth-order valence-electron chi connectivity index (χ4n) is 3.02. The summed E-state index contributed by atoms with van der Waals surface area (Å²) in [7, 11) is 0. The molecule has 1 atom stereocenters. The van der Waals surface area contributed by atoms with Crippen LogP contribution in [0.15, 0.2) is 0 Å². The maximum atomic E-state index is 12.6. The van der Waals surface area contributed by atoms with E-state index in [-0.39, 0.29) is 11.1 Å². The Morgan fingerprint density at radius 1 is 1.12 bits per heavy atom. The van der Waals surface area contributed by atoms with E-state index in [4.69, 9.17) is 0 Å². The van der Waals surface area contributed by atoms with Crippen LogP contribution in [0, 0.1) is 0 Å². The van der Waals surface area contributed by atoms with Gasteiger partial charge in [0.1, 0.15) is 0 Å². The largest absolute Gasteiger partial charge is 0.336 e. The molecule has 0 spiro atoms. The lowest BCUT2D eigenvalue weighted by Crippen LogP contribution is -2.60. The van der Waals surface area contributed by atoms with Crippen molar-refractivity contribution < 1.29 is 4.79 Å². The molecule has 92 valence electrons. The maximum Gasteiger partial charge on any atom is 0.243 e. The van der Waals surface area contributed by atoms with Gasteiger partial charge in [-0.15, -0.1) is 0 Å². The third-order valence-electron chi connectivity index (χ3n) is 4.24. The Hall–Kier alpha value is -0.570. The molecule has 0 radical (unpaired) electrons. The SMILES string of the molecule is CC1(C(=O)N2CCCC2(C)C)CCCCN1. The zero-order valence-corrected chi connectivity index (χ0v) is 10.8. The van der Waals surface area contributed by atoms with E-state index in [0.717, 1.165) is 32.4 Å². The normalized spacial score (nSPS) is 34.1. The number of nitrogens with zero attached hydrogens (tertiary/aromatic N) is 1. The van der Waals surface area contributed by atoms with Gasteiger partial charge in [0.05, 0.1) is 5.54 Å². The molecule has 2 rings (SSSR count). The molecule has 1 unspecified atom stereocenters. The molecule has 1 N–H and O–H groups in total. The highest BCUT2D eigenvalue weighted by atomic mass is 16.2. The second kappa shape index (κ2) is 4.02. The van der Waals surface area contributed by atoms with E-state index < -0.39 is 0 Å². The summed E-state index contributed by atoms with van der Waals surface area (Å²) < 4.78 is 0. The molecule has 0 bridgehead atoms. The number of hydrogen-bond acceptors (Lipinski definition) is 2. The number of likely N-dealkylation sites (tertiary alicyclic amines) is 1. The van der Waals surface area contributed by atoms with E-state index in [2.05, 4.69) is 31.0 Å². The summed E-state index contributed by atoms with van der Waals surface area (Å²) in [6.45, 7) is 8.36. The molecule has 2 aliphatic heterocycles. The fourth-order valence-corrected chi connectivity index (χ4v) is 3.02. The molecule has 0 aromatic rings. The van der Waals surface area contributed by atoms with Gasteiger partial charge in [0.25, 0.3) is 0 Å². The third kappa shape index (κ3) is 1.97. The van der Waals surface area contributed by atoms with Crippen LogP contribution in [0.25, 0.3) is 0 Å². The van der Waals surface area contributed by atoms with Crippen molar-refractivity contribution in [3.05, 3.63) is 0 Å². The fraction of sp³-hybridized carbons (Fsp3) is 0.923. The Kier molecular flexibility index (Phi) is 2.99. The van der Waals surface area contributed by atoms with Crippen LogP contribution in [0.3, 0.4) is 0 Å². The predicted molar refractivity (Wildman–Crippen MR) is 65.3 cm³/mol. The highest BCUT2D eigenvalue weighted by molar-refractivity contribution is 5.87. The first kappa shape index (κ1) is 11.9. The van der Waals surface area contributed by atoms with Crippen LogP contribution in [0.2, 0.25) is 0 Å². The minimum absolute atomic E-state index is 0.0548. The summed E-state index contributed by atoms with van der Waals surface area (Å²) in [4.78, 5) is 14.7. The standard InChI is InChI=1S/C13H24N2O/c1-12(2)7-6-10-15(12)11(16)13(3)8-4-5-9-14-13/h14H,4-10H2,1-3H3. The molecule has 2 heterocycles. The van der Waals surface area contributed by atoms with Crippen molar-refractivity contribution in [2.75, 3.05) is 13.1 Å². The van der Waals surface area contributed by atoms with Gasteiger partial charge in [-0.2, -0.15) is 0 Å². The molecule has 0 aromatic carbocycles. The lowest BCUT2D eigenvalue weighted by Gasteiger charge is -2.41. The van der Waals surface area contributed by atoms with Crippen molar-refractivity contribution in [3.8, 4) is 0 Å². The van der Waals surface area contributed by atoms with E-state index >= 15 is 0 Å². The quantitative estimate of drug-likeness (QED) is 0.738. The lowest BCUT2D eigenvalue weighted by atomic mass is 9.88. The molecular weight excluding hydrogens is 200 g/mol. The summed E-state index contributed by atoms with van der Waals surface area (Å²) in [5.74, 6) is 0.315. The molecule has 0 saturated carbocycles. The van der Waals surface area contributed by atoms with Gasteiger partial charge < -0.3 is 10.2 Å². The van der Waals surface area contributed by atoms with Gasteiger partial charge in [-0.1, -0.05) is 0 Å². The molecule has 0 aliphatic carbocycles. The average Bonchev–Trinajstić information content (AvgIpc) is 2.58. The summed E-state index contributed by atoms with van der Waals surface area (Å²) in [5, 5.41) is 3.42. The first-order chi connectivity index (χ1) is 7.46. The van der Waals surface area contributed by atoms with Crippen LogP contribution in [0.4, 0.5) is 0 Å². The van der Waals surface area contributed by atoms with Crippen molar-refractivity contribution in [1.82, 2.24) is 10.2 Å². The second-order valence-electron chi connectivity index (χ2n) is 6.09. The lowest BCUT2D eigenvalue weighted by molar-refractivity contribution is -0.142. The number of rotatable bonds is 1. The molecule has 2 saturated heterocycles. The Balaban J connectivity index is 2.12. The van der Waals surface area contributed by atoms with Gasteiger partial charge >= 0.3 is 0 Å². The Morgan fingerprint density at radius 3 is 2.38 bits per heavy atom. The molecule has 2 fully saturated rings. The van der Waals surface area contributed by atoms with Crippen LogP contribution in [-0.4, -0.2) is 35.0 Å². The van der Waals surface area contributed by atoms with Crippen molar-refractivity contribution in [2.45, 2.75) is 64.0 Å². The Bertz CT molecular complexity index is 280. The van der Waals surface area contributed by atoms with Crippen LogP contribution in [0.5, 0.6) is 0 Å². The van der Waals surface area contributed by atoms with Crippen molar-refractivity contribution >= 4 is 5.91 Å². The molecule has 16 heavy (non-hydrogen) atoms. The topological polar surface area (TPSA) is 32.3 Å². The monoisotopic (exact) mass is 224 g/mol. The van der Waals surface area contributed by atoms with Crippen LogP contribution >= 0.6 is 0 Å². The molecule has 3 heteroatoms. The number of amides is 1. The van der Waals surface area contributed by atoms with Gasteiger partial charge in [0, 0.05) is 12.1 Å². The Labute approximate surface area is 98.6 Å². The molecule has 1 amide bonds. The summed E-state index contributed by atoms with van der Waals surface area (Å²) in [5.41, 5.74) is -0.251.